The predicted molar refractivity (Wildman–Crippen MR) is 126 cm³/mol. The molecule has 1 atom stereocenters. The minimum absolute atomic E-state index is 0.0500. The van der Waals surface area contributed by atoms with Gasteiger partial charge < -0.3 is 18.8 Å². The van der Waals surface area contributed by atoms with E-state index in [1.807, 2.05) is 49.9 Å². The summed E-state index contributed by atoms with van der Waals surface area (Å²) in [5, 5.41) is 0.115. The lowest BCUT2D eigenvalue weighted by Crippen LogP contribution is -2.43. The van der Waals surface area contributed by atoms with Crippen LogP contribution >= 0.6 is 0 Å². The fourth-order valence-corrected chi connectivity index (χ4v) is 4.09. The zero-order chi connectivity index (χ0) is 22.7. The molecule has 1 aliphatic heterocycles. The topological polar surface area (TPSA) is 48.0 Å². The molecule has 1 aromatic carbocycles. The number of hydrogen-bond acceptors (Lipinski definition) is 4. The molecule has 0 aromatic heterocycles. The zero-order valence-corrected chi connectivity index (χ0v) is 21.2. The normalized spacial score (nSPS) is 18.0. The Labute approximate surface area is 183 Å². The van der Waals surface area contributed by atoms with Gasteiger partial charge in [-0.15, -0.1) is 0 Å². The van der Waals surface area contributed by atoms with E-state index in [1.54, 1.807) is 7.11 Å². The average molecular weight is 434 g/mol. The summed E-state index contributed by atoms with van der Waals surface area (Å²) in [6, 6.07) is 6.06. The van der Waals surface area contributed by atoms with E-state index in [0.29, 0.717) is 0 Å². The van der Waals surface area contributed by atoms with Gasteiger partial charge in [-0.2, -0.15) is 0 Å². The number of nitrogens with zero attached hydrogens (tertiary/aromatic N) is 1. The Balaban J connectivity index is 2.15. The highest BCUT2D eigenvalue weighted by molar-refractivity contribution is 6.74. The first kappa shape index (κ1) is 24.3. The third-order valence-electron chi connectivity index (χ3n) is 5.80. The first-order valence-corrected chi connectivity index (χ1v) is 13.7. The smallest absolute Gasteiger partial charge is 0.410 e. The van der Waals surface area contributed by atoms with Gasteiger partial charge in [-0.1, -0.05) is 39.0 Å². The molecule has 0 spiro atoms. The Morgan fingerprint density at radius 2 is 1.80 bits per heavy atom. The van der Waals surface area contributed by atoms with Gasteiger partial charge in [0.2, 0.25) is 0 Å². The van der Waals surface area contributed by atoms with Crippen molar-refractivity contribution in [2.24, 2.45) is 0 Å². The molecular formula is C24H39NO4Si. The Hall–Kier alpha value is -1.95. The fourth-order valence-electron chi connectivity index (χ4n) is 3.06. The third kappa shape index (κ3) is 6.27. The molecule has 1 saturated heterocycles. The largest absolute Gasteiger partial charge is 0.541 e. The van der Waals surface area contributed by atoms with Gasteiger partial charge in [0.1, 0.15) is 11.4 Å². The molecule has 1 amide bonds. The molecule has 1 aromatic rings. The monoisotopic (exact) mass is 433 g/mol. The minimum atomic E-state index is -1.95. The van der Waals surface area contributed by atoms with Crippen LogP contribution in [0.2, 0.25) is 18.1 Å². The molecule has 0 N–H and O–H groups in total. The van der Waals surface area contributed by atoms with Crippen molar-refractivity contribution in [3.05, 3.63) is 29.8 Å². The first-order chi connectivity index (χ1) is 13.7. The van der Waals surface area contributed by atoms with Gasteiger partial charge in [0.15, 0.2) is 5.75 Å². The van der Waals surface area contributed by atoms with Crippen LogP contribution in [-0.4, -0.2) is 44.6 Å². The minimum Gasteiger partial charge on any atom is -0.541 e. The van der Waals surface area contributed by atoms with Crippen molar-refractivity contribution < 1.29 is 18.7 Å². The molecule has 0 aliphatic carbocycles. The summed E-state index contributed by atoms with van der Waals surface area (Å²) < 4.78 is 17.6. The molecular weight excluding hydrogens is 394 g/mol. The van der Waals surface area contributed by atoms with Crippen molar-refractivity contribution in [3.8, 4) is 11.5 Å². The Kier molecular flexibility index (Phi) is 7.33. The van der Waals surface area contributed by atoms with Crippen molar-refractivity contribution >= 4 is 20.5 Å². The van der Waals surface area contributed by atoms with Crippen LogP contribution in [0.25, 0.3) is 6.08 Å². The molecule has 0 bridgehead atoms. The highest BCUT2D eigenvalue weighted by Gasteiger charge is 2.39. The van der Waals surface area contributed by atoms with Gasteiger partial charge in [-0.05, 0) is 69.4 Å². The molecule has 1 unspecified atom stereocenters. The zero-order valence-electron chi connectivity index (χ0n) is 20.2. The predicted octanol–water partition coefficient (Wildman–Crippen LogP) is 6.49. The lowest BCUT2D eigenvalue weighted by atomic mass is 10.1. The molecule has 0 saturated carbocycles. The van der Waals surface area contributed by atoms with Gasteiger partial charge in [0, 0.05) is 6.54 Å². The van der Waals surface area contributed by atoms with Gasteiger partial charge in [-0.3, -0.25) is 0 Å². The fraction of sp³-hybridized carbons (Fsp3) is 0.625. The van der Waals surface area contributed by atoms with E-state index < -0.39 is 13.9 Å². The van der Waals surface area contributed by atoms with Gasteiger partial charge >= 0.3 is 6.09 Å². The summed E-state index contributed by atoms with van der Waals surface area (Å²) in [6.45, 7) is 17.5. The Morgan fingerprint density at radius 3 is 2.37 bits per heavy atom. The van der Waals surface area contributed by atoms with E-state index in [2.05, 4.69) is 39.9 Å². The molecule has 1 aliphatic rings. The highest BCUT2D eigenvalue weighted by Crippen LogP contribution is 2.40. The van der Waals surface area contributed by atoms with E-state index in [1.165, 1.54) is 0 Å². The van der Waals surface area contributed by atoms with Crippen LogP contribution in [0.1, 0.15) is 59.9 Å². The van der Waals surface area contributed by atoms with Crippen molar-refractivity contribution in [3.63, 3.8) is 0 Å². The van der Waals surface area contributed by atoms with Crippen molar-refractivity contribution in [2.75, 3.05) is 13.7 Å². The molecule has 30 heavy (non-hydrogen) atoms. The molecule has 5 nitrogen and oxygen atoms in total. The summed E-state index contributed by atoms with van der Waals surface area (Å²) in [6.07, 6.45) is 5.81. The molecule has 1 fully saturated rings. The second-order valence-electron chi connectivity index (χ2n) is 10.5. The molecule has 0 radical (unpaired) electrons. The standard InChI is InChI=1S/C24H39NO4Si/c1-23(2,3)28-22(26)25-16-10-11-19(25)14-12-18-13-15-20(21(17-18)27-7)29-30(8,9)24(4,5)6/h12-15,17,19H,10-11,16H2,1-9H3/b14-12+. The number of hydrogen-bond donors (Lipinski definition) is 0. The summed E-state index contributed by atoms with van der Waals surface area (Å²) in [5.41, 5.74) is 0.534. The number of rotatable bonds is 5. The lowest BCUT2D eigenvalue weighted by molar-refractivity contribution is 0.0256. The quantitative estimate of drug-likeness (QED) is 0.498. The summed E-state index contributed by atoms with van der Waals surface area (Å²) in [4.78, 5) is 14.3. The number of benzene rings is 1. The van der Waals surface area contributed by atoms with Gasteiger partial charge in [0.25, 0.3) is 8.32 Å². The lowest BCUT2D eigenvalue weighted by Gasteiger charge is -2.36. The van der Waals surface area contributed by atoms with Crippen LogP contribution in [0.4, 0.5) is 4.79 Å². The Bertz CT molecular complexity index is 774. The number of likely N-dealkylation sites (tertiary alicyclic amines) is 1. The van der Waals surface area contributed by atoms with E-state index in [4.69, 9.17) is 13.9 Å². The van der Waals surface area contributed by atoms with Crippen LogP contribution in [0.5, 0.6) is 11.5 Å². The summed E-state index contributed by atoms with van der Waals surface area (Å²) >= 11 is 0. The van der Waals surface area contributed by atoms with Crippen LogP contribution in [0.3, 0.4) is 0 Å². The molecule has 6 heteroatoms. The molecule has 2 rings (SSSR count). The first-order valence-electron chi connectivity index (χ1n) is 10.8. The average Bonchev–Trinajstić information content (AvgIpc) is 3.07. The second kappa shape index (κ2) is 9.04. The van der Waals surface area contributed by atoms with Crippen LogP contribution in [0, 0.1) is 0 Å². The van der Waals surface area contributed by atoms with E-state index >= 15 is 0 Å². The van der Waals surface area contributed by atoms with Crippen molar-refractivity contribution in [2.45, 2.75) is 84.2 Å². The molecule has 168 valence electrons. The Morgan fingerprint density at radius 1 is 1.13 bits per heavy atom. The van der Waals surface area contributed by atoms with Crippen LogP contribution < -0.4 is 9.16 Å². The maximum atomic E-state index is 12.5. The van der Waals surface area contributed by atoms with Crippen LogP contribution in [-0.2, 0) is 4.74 Å². The van der Waals surface area contributed by atoms with E-state index in [0.717, 1.165) is 36.4 Å². The number of ether oxygens (including phenoxy) is 2. The van der Waals surface area contributed by atoms with E-state index in [-0.39, 0.29) is 17.2 Å². The number of methoxy groups -OCH3 is 1. The highest BCUT2D eigenvalue weighted by atomic mass is 28.4. The maximum Gasteiger partial charge on any atom is 0.410 e. The SMILES string of the molecule is COc1cc(/C=C/C2CCCN2C(=O)OC(C)(C)C)ccc1O[Si](C)(C)C(C)(C)C. The van der Waals surface area contributed by atoms with E-state index in [9.17, 15) is 4.79 Å². The number of amides is 1. The van der Waals surface area contributed by atoms with Gasteiger partial charge in [-0.25, -0.2) is 4.79 Å². The number of carbonyl (C=O) groups excluding carboxylic acids is 1. The molecule has 1 heterocycles. The number of carbonyl (C=O) groups is 1. The third-order valence-corrected chi connectivity index (χ3v) is 10.1. The second-order valence-corrected chi connectivity index (χ2v) is 15.2. The van der Waals surface area contributed by atoms with Gasteiger partial charge in [0.05, 0.1) is 13.2 Å². The van der Waals surface area contributed by atoms with Crippen molar-refractivity contribution in [1.82, 2.24) is 4.90 Å². The maximum absolute atomic E-state index is 12.5. The van der Waals surface area contributed by atoms with Crippen molar-refractivity contribution in [1.29, 1.82) is 0 Å². The summed E-state index contributed by atoms with van der Waals surface area (Å²) in [5.74, 6) is 1.52. The summed E-state index contributed by atoms with van der Waals surface area (Å²) in [7, 11) is -0.279. The van der Waals surface area contributed by atoms with Crippen LogP contribution in [0.15, 0.2) is 24.3 Å².